The SMILES string of the molecule is Cc1c(O)nc(-c2sccc2Br)[nH]c1=O. The second kappa shape index (κ2) is 3.79. The molecule has 2 rings (SSSR count). The van der Waals surface area contributed by atoms with Gasteiger partial charge in [0.25, 0.3) is 5.56 Å². The van der Waals surface area contributed by atoms with Crippen LogP contribution >= 0.6 is 27.3 Å². The van der Waals surface area contributed by atoms with Crippen molar-refractivity contribution >= 4 is 27.3 Å². The average molecular weight is 287 g/mol. The van der Waals surface area contributed by atoms with Crippen LogP contribution in [0.3, 0.4) is 0 Å². The van der Waals surface area contributed by atoms with Gasteiger partial charge in [-0.2, -0.15) is 4.98 Å². The molecule has 0 saturated heterocycles. The molecule has 4 nitrogen and oxygen atoms in total. The lowest BCUT2D eigenvalue weighted by atomic mass is 10.3. The Bertz CT molecular complexity index is 561. The highest BCUT2D eigenvalue weighted by atomic mass is 79.9. The van der Waals surface area contributed by atoms with E-state index in [1.807, 2.05) is 11.4 Å². The van der Waals surface area contributed by atoms with Crippen LogP contribution in [0.4, 0.5) is 0 Å². The summed E-state index contributed by atoms with van der Waals surface area (Å²) < 4.78 is 0.846. The smallest absolute Gasteiger partial charge is 0.257 e. The number of hydrogen-bond donors (Lipinski definition) is 2. The van der Waals surface area contributed by atoms with E-state index in [1.54, 1.807) is 0 Å². The molecular weight excluding hydrogens is 280 g/mol. The number of thiophene rings is 1. The molecule has 0 saturated carbocycles. The zero-order valence-electron chi connectivity index (χ0n) is 7.74. The Balaban J connectivity index is 2.66. The van der Waals surface area contributed by atoms with Crippen molar-refractivity contribution in [3.63, 3.8) is 0 Å². The van der Waals surface area contributed by atoms with Gasteiger partial charge in [-0.25, -0.2) is 0 Å². The van der Waals surface area contributed by atoms with Crippen molar-refractivity contribution in [3.05, 3.63) is 31.8 Å². The Hall–Kier alpha value is -1.14. The van der Waals surface area contributed by atoms with Crippen LogP contribution < -0.4 is 5.56 Å². The number of hydrogen-bond acceptors (Lipinski definition) is 4. The fourth-order valence-electron chi connectivity index (χ4n) is 1.09. The van der Waals surface area contributed by atoms with Gasteiger partial charge in [0.05, 0.1) is 10.4 Å². The van der Waals surface area contributed by atoms with Gasteiger partial charge in [-0.05, 0) is 34.3 Å². The maximum Gasteiger partial charge on any atom is 0.257 e. The quantitative estimate of drug-likeness (QED) is 0.845. The standard InChI is InChI=1S/C9H7BrN2O2S/c1-4-8(13)11-7(12-9(4)14)6-5(10)2-3-15-6/h2-3H,1H3,(H2,11,12,13,14). The molecule has 0 radical (unpaired) electrons. The summed E-state index contributed by atoms with van der Waals surface area (Å²) in [6, 6.07) is 1.86. The highest BCUT2D eigenvalue weighted by Crippen LogP contribution is 2.31. The summed E-state index contributed by atoms with van der Waals surface area (Å²) in [5.41, 5.74) is -0.0933. The Labute approximate surface area is 97.8 Å². The Morgan fingerprint density at radius 2 is 2.33 bits per heavy atom. The van der Waals surface area contributed by atoms with Crippen molar-refractivity contribution in [2.45, 2.75) is 6.92 Å². The van der Waals surface area contributed by atoms with Crippen molar-refractivity contribution in [2.75, 3.05) is 0 Å². The van der Waals surface area contributed by atoms with Crippen molar-refractivity contribution < 1.29 is 5.11 Å². The fraction of sp³-hybridized carbons (Fsp3) is 0.111. The predicted octanol–water partition coefficient (Wildman–Crippen LogP) is 2.27. The van der Waals surface area contributed by atoms with Gasteiger partial charge in [-0.3, -0.25) is 4.79 Å². The molecule has 0 fully saturated rings. The van der Waals surface area contributed by atoms with Gasteiger partial charge < -0.3 is 10.1 Å². The molecule has 0 aromatic carbocycles. The largest absolute Gasteiger partial charge is 0.493 e. The van der Waals surface area contributed by atoms with Gasteiger partial charge >= 0.3 is 0 Å². The van der Waals surface area contributed by atoms with Crippen LogP contribution in [0.1, 0.15) is 5.56 Å². The molecule has 2 heterocycles. The molecule has 0 atom stereocenters. The molecule has 15 heavy (non-hydrogen) atoms. The summed E-state index contributed by atoms with van der Waals surface area (Å²) in [4.78, 5) is 18.7. The van der Waals surface area contributed by atoms with Crippen LogP contribution in [0, 0.1) is 6.92 Å². The molecule has 2 N–H and O–H groups in total. The summed E-state index contributed by atoms with van der Waals surface area (Å²) in [5.74, 6) is 0.152. The van der Waals surface area contributed by atoms with E-state index >= 15 is 0 Å². The fourth-order valence-corrected chi connectivity index (χ4v) is 2.60. The van der Waals surface area contributed by atoms with E-state index in [0.717, 1.165) is 9.35 Å². The minimum atomic E-state index is -0.321. The lowest BCUT2D eigenvalue weighted by Crippen LogP contribution is -2.11. The van der Waals surface area contributed by atoms with Crippen molar-refractivity contribution in [1.29, 1.82) is 0 Å². The number of aromatic nitrogens is 2. The second-order valence-corrected chi connectivity index (χ2v) is 4.73. The topological polar surface area (TPSA) is 66.0 Å². The number of nitrogens with zero attached hydrogens (tertiary/aromatic N) is 1. The van der Waals surface area contributed by atoms with Crippen LogP contribution in [-0.2, 0) is 0 Å². The zero-order valence-corrected chi connectivity index (χ0v) is 10.1. The Morgan fingerprint density at radius 3 is 2.87 bits per heavy atom. The maximum atomic E-state index is 11.4. The van der Waals surface area contributed by atoms with Crippen molar-refractivity contribution in [3.8, 4) is 16.6 Å². The highest BCUT2D eigenvalue weighted by Gasteiger charge is 2.11. The molecule has 6 heteroatoms. The molecule has 0 unspecified atom stereocenters. The summed E-state index contributed by atoms with van der Waals surface area (Å²) in [6.45, 7) is 1.52. The highest BCUT2D eigenvalue weighted by molar-refractivity contribution is 9.10. The number of aromatic amines is 1. The molecule has 78 valence electrons. The number of rotatable bonds is 1. The van der Waals surface area contributed by atoms with E-state index < -0.39 is 0 Å². The van der Waals surface area contributed by atoms with E-state index in [4.69, 9.17) is 0 Å². The summed E-state index contributed by atoms with van der Waals surface area (Å²) >= 11 is 4.77. The van der Waals surface area contributed by atoms with Crippen LogP contribution in [0.5, 0.6) is 5.88 Å². The second-order valence-electron chi connectivity index (χ2n) is 2.96. The maximum absolute atomic E-state index is 11.4. The van der Waals surface area contributed by atoms with Gasteiger partial charge in [0.1, 0.15) is 0 Å². The summed E-state index contributed by atoms with van der Waals surface area (Å²) in [5, 5.41) is 11.3. The third-order valence-electron chi connectivity index (χ3n) is 1.96. The van der Waals surface area contributed by atoms with Gasteiger partial charge in [-0.15, -0.1) is 11.3 Å². The minimum Gasteiger partial charge on any atom is -0.493 e. The Morgan fingerprint density at radius 1 is 1.60 bits per heavy atom. The van der Waals surface area contributed by atoms with Gasteiger partial charge in [-0.1, -0.05) is 0 Å². The molecule has 0 bridgehead atoms. The average Bonchev–Trinajstić information content (AvgIpc) is 2.60. The Kier molecular flexibility index (Phi) is 2.62. The van der Waals surface area contributed by atoms with E-state index in [-0.39, 0.29) is 17.0 Å². The molecule has 0 aliphatic carbocycles. The van der Waals surface area contributed by atoms with Gasteiger partial charge in [0.15, 0.2) is 5.82 Å². The first-order valence-corrected chi connectivity index (χ1v) is 5.80. The number of nitrogens with one attached hydrogen (secondary N) is 1. The first kappa shape index (κ1) is 10.4. The summed E-state index contributed by atoms with van der Waals surface area (Å²) in [7, 11) is 0. The predicted molar refractivity (Wildman–Crippen MR) is 62.3 cm³/mol. The first-order chi connectivity index (χ1) is 7.09. The number of aromatic hydroxyl groups is 1. The molecular formula is C9H7BrN2O2S. The van der Waals surface area contributed by atoms with Gasteiger partial charge in [0.2, 0.25) is 5.88 Å². The van der Waals surface area contributed by atoms with Crippen LogP contribution in [-0.4, -0.2) is 15.1 Å². The molecule has 0 amide bonds. The minimum absolute atomic E-state index is 0.228. The normalized spacial score (nSPS) is 10.5. The molecule has 2 aromatic heterocycles. The van der Waals surface area contributed by atoms with E-state index in [1.165, 1.54) is 18.3 Å². The lowest BCUT2D eigenvalue weighted by molar-refractivity contribution is 0.447. The van der Waals surface area contributed by atoms with Gasteiger partial charge in [0, 0.05) is 4.47 Å². The van der Waals surface area contributed by atoms with E-state index in [0.29, 0.717) is 5.82 Å². The zero-order chi connectivity index (χ0) is 11.0. The van der Waals surface area contributed by atoms with E-state index in [9.17, 15) is 9.90 Å². The number of halogens is 1. The van der Waals surface area contributed by atoms with E-state index in [2.05, 4.69) is 25.9 Å². The molecule has 2 aromatic rings. The number of H-pyrrole nitrogens is 1. The molecule has 0 spiro atoms. The van der Waals surface area contributed by atoms with Crippen molar-refractivity contribution in [1.82, 2.24) is 9.97 Å². The third-order valence-corrected chi connectivity index (χ3v) is 3.80. The lowest BCUT2D eigenvalue weighted by Gasteiger charge is -2.01. The monoisotopic (exact) mass is 286 g/mol. The molecule has 0 aliphatic rings. The third kappa shape index (κ3) is 1.82. The van der Waals surface area contributed by atoms with Crippen LogP contribution in [0.15, 0.2) is 20.7 Å². The van der Waals surface area contributed by atoms with Crippen molar-refractivity contribution in [2.24, 2.45) is 0 Å². The molecule has 0 aliphatic heterocycles. The summed E-state index contributed by atoms with van der Waals surface area (Å²) in [6.07, 6.45) is 0. The van der Waals surface area contributed by atoms with Crippen LogP contribution in [0.25, 0.3) is 10.7 Å². The van der Waals surface area contributed by atoms with Crippen LogP contribution in [0.2, 0.25) is 0 Å². The first-order valence-electron chi connectivity index (χ1n) is 4.13.